The molecule has 22 heavy (non-hydrogen) atoms. The zero-order valence-electron chi connectivity index (χ0n) is 13.4. The summed E-state index contributed by atoms with van der Waals surface area (Å²) in [7, 11) is 1.87. The maximum Gasteiger partial charge on any atom is 0.234 e. The molecule has 1 saturated heterocycles. The van der Waals surface area contributed by atoms with Gasteiger partial charge in [0.15, 0.2) is 0 Å². The molecule has 0 spiro atoms. The summed E-state index contributed by atoms with van der Waals surface area (Å²) in [5.41, 5.74) is 2.07. The van der Waals surface area contributed by atoms with Crippen LogP contribution in [-0.4, -0.2) is 39.7 Å². The standard InChI is InChI=1S/C16H25ClN4O/c1-11-15(16(17)20(2)19-11)13-8-5-9-21(13)10-14(22)18-12-6-3-4-7-12/h12-13H,3-10H2,1-2H3,(H,18,22)/t13-/m1/s1. The van der Waals surface area contributed by atoms with Crippen molar-refractivity contribution >= 4 is 17.5 Å². The second kappa shape index (κ2) is 6.59. The third-order valence-corrected chi connectivity index (χ3v) is 5.41. The number of carbonyl (C=O) groups excluding carboxylic acids is 1. The molecule has 0 radical (unpaired) electrons. The second-order valence-corrected chi connectivity index (χ2v) is 6.95. The Labute approximate surface area is 137 Å². The molecule has 0 unspecified atom stereocenters. The van der Waals surface area contributed by atoms with Gasteiger partial charge < -0.3 is 5.32 Å². The van der Waals surface area contributed by atoms with Gasteiger partial charge >= 0.3 is 0 Å². The van der Waals surface area contributed by atoms with E-state index in [-0.39, 0.29) is 11.9 Å². The Kier molecular flexibility index (Phi) is 4.73. The smallest absolute Gasteiger partial charge is 0.234 e. The van der Waals surface area contributed by atoms with Crippen LogP contribution < -0.4 is 5.32 Å². The highest BCUT2D eigenvalue weighted by molar-refractivity contribution is 6.30. The lowest BCUT2D eigenvalue weighted by Crippen LogP contribution is -2.41. The summed E-state index contributed by atoms with van der Waals surface area (Å²) in [6, 6.07) is 0.604. The van der Waals surface area contributed by atoms with Crippen molar-refractivity contribution in [3.8, 4) is 0 Å². The Hall–Kier alpha value is -1.07. The molecule has 5 nitrogen and oxygen atoms in total. The highest BCUT2D eigenvalue weighted by atomic mass is 35.5. The Balaban J connectivity index is 1.66. The van der Waals surface area contributed by atoms with Crippen LogP contribution in [0.15, 0.2) is 0 Å². The van der Waals surface area contributed by atoms with E-state index in [9.17, 15) is 4.79 Å². The molecule has 1 saturated carbocycles. The molecule has 122 valence electrons. The Morgan fingerprint density at radius 3 is 2.68 bits per heavy atom. The van der Waals surface area contributed by atoms with Crippen molar-refractivity contribution in [1.82, 2.24) is 20.0 Å². The first-order valence-electron chi connectivity index (χ1n) is 8.28. The third kappa shape index (κ3) is 3.15. The molecule has 1 atom stereocenters. The fraction of sp³-hybridized carbons (Fsp3) is 0.750. The third-order valence-electron chi connectivity index (χ3n) is 4.96. The maximum atomic E-state index is 12.3. The molecule has 1 N–H and O–H groups in total. The van der Waals surface area contributed by atoms with E-state index in [1.54, 1.807) is 4.68 Å². The summed E-state index contributed by atoms with van der Waals surface area (Å²) >= 11 is 6.41. The molecule has 0 aromatic carbocycles. The van der Waals surface area contributed by atoms with Crippen LogP contribution in [0.4, 0.5) is 0 Å². The highest BCUT2D eigenvalue weighted by Gasteiger charge is 2.32. The van der Waals surface area contributed by atoms with Gasteiger partial charge in [-0.2, -0.15) is 5.10 Å². The van der Waals surface area contributed by atoms with Crippen molar-refractivity contribution in [3.63, 3.8) is 0 Å². The first kappa shape index (κ1) is 15.8. The zero-order valence-corrected chi connectivity index (χ0v) is 14.2. The molecule has 1 aliphatic heterocycles. The van der Waals surface area contributed by atoms with Gasteiger partial charge in [0.2, 0.25) is 5.91 Å². The average Bonchev–Trinajstić information content (AvgIpc) is 3.15. The number of halogens is 1. The van der Waals surface area contributed by atoms with Crippen LogP contribution in [0.2, 0.25) is 5.15 Å². The molecule has 0 bridgehead atoms. The van der Waals surface area contributed by atoms with Crippen LogP contribution in [-0.2, 0) is 11.8 Å². The average molecular weight is 325 g/mol. The largest absolute Gasteiger partial charge is 0.352 e. The molecule has 2 heterocycles. The van der Waals surface area contributed by atoms with Gasteiger partial charge in [0.25, 0.3) is 0 Å². The van der Waals surface area contributed by atoms with Crippen LogP contribution in [0.5, 0.6) is 0 Å². The van der Waals surface area contributed by atoms with E-state index < -0.39 is 0 Å². The first-order valence-corrected chi connectivity index (χ1v) is 8.66. The van der Waals surface area contributed by atoms with Crippen LogP contribution in [0.25, 0.3) is 0 Å². The van der Waals surface area contributed by atoms with Crippen LogP contribution in [0.3, 0.4) is 0 Å². The maximum absolute atomic E-state index is 12.3. The van der Waals surface area contributed by atoms with Crippen molar-refractivity contribution in [2.75, 3.05) is 13.1 Å². The van der Waals surface area contributed by atoms with Crippen LogP contribution in [0, 0.1) is 6.92 Å². The number of nitrogens with zero attached hydrogens (tertiary/aromatic N) is 3. The van der Waals surface area contributed by atoms with E-state index in [2.05, 4.69) is 15.3 Å². The van der Waals surface area contributed by atoms with Crippen molar-refractivity contribution in [2.24, 2.45) is 7.05 Å². The van der Waals surface area contributed by atoms with Crippen molar-refractivity contribution in [3.05, 3.63) is 16.4 Å². The number of nitrogens with one attached hydrogen (secondary N) is 1. The summed E-state index contributed by atoms with van der Waals surface area (Å²) in [4.78, 5) is 14.6. The normalized spacial score (nSPS) is 23.3. The molecular formula is C16H25ClN4O. The zero-order chi connectivity index (χ0) is 15.7. The SMILES string of the molecule is Cc1nn(C)c(Cl)c1[C@H]1CCCN1CC(=O)NC1CCCC1. The second-order valence-electron chi connectivity index (χ2n) is 6.59. The lowest BCUT2D eigenvalue weighted by Gasteiger charge is -2.25. The number of hydrogen-bond acceptors (Lipinski definition) is 3. The van der Waals surface area contributed by atoms with Crippen molar-refractivity contribution in [2.45, 2.75) is 57.5 Å². The lowest BCUT2D eigenvalue weighted by molar-refractivity contribution is -0.123. The summed E-state index contributed by atoms with van der Waals surface area (Å²) in [6.45, 7) is 3.41. The number of carbonyl (C=O) groups is 1. The van der Waals surface area contributed by atoms with Gasteiger partial charge in [0.05, 0.1) is 12.2 Å². The van der Waals surface area contributed by atoms with Crippen LogP contribution in [0.1, 0.15) is 55.8 Å². The van der Waals surface area contributed by atoms with Crippen molar-refractivity contribution in [1.29, 1.82) is 0 Å². The summed E-state index contributed by atoms with van der Waals surface area (Å²) in [6.07, 6.45) is 6.88. The predicted octanol–water partition coefficient (Wildman–Crippen LogP) is 2.58. The molecule has 1 aromatic heterocycles. The van der Waals surface area contributed by atoms with Gasteiger partial charge in [-0.05, 0) is 39.2 Å². The number of rotatable bonds is 4. The Bertz CT molecular complexity index is 551. The monoisotopic (exact) mass is 324 g/mol. The topological polar surface area (TPSA) is 50.2 Å². The van der Waals surface area contributed by atoms with Gasteiger partial charge in [-0.3, -0.25) is 14.4 Å². The molecule has 6 heteroatoms. The van der Waals surface area contributed by atoms with Gasteiger partial charge in [0.1, 0.15) is 5.15 Å². The Morgan fingerprint density at radius 1 is 1.32 bits per heavy atom. The summed E-state index contributed by atoms with van der Waals surface area (Å²) in [5.74, 6) is 0.150. The minimum absolute atomic E-state index is 0.150. The van der Waals surface area contributed by atoms with Crippen molar-refractivity contribution < 1.29 is 4.79 Å². The van der Waals surface area contributed by atoms with Gasteiger partial charge in [-0.1, -0.05) is 24.4 Å². The van der Waals surface area contributed by atoms with E-state index >= 15 is 0 Å². The molecular weight excluding hydrogens is 300 g/mol. The predicted molar refractivity (Wildman–Crippen MR) is 86.9 cm³/mol. The number of amides is 1. The fourth-order valence-corrected chi connectivity index (χ4v) is 4.20. The summed E-state index contributed by atoms with van der Waals surface area (Å²) in [5, 5.41) is 8.29. The number of hydrogen-bond donors (Lipinski definition) is 1. The van der Waals surface area contributed by atoms with Crippen LogP contribution >= 0.6 is 11.6 Å². The van der Waals surface area contributed by atoms with E-state index in [4.69, 9.17) is 11.6 Å². The molecule has 1 aliphatic carbocycles. The number of aryl methyl sites for hydroxylation is 2. The van der Waals surface area contributed by atoms with E-state index in [0.717, 1.165) is 43.5 Å². The lowest BCUT2D eigenvalue weighted by atomic mass is 10.1. The number of aromatic nitrogens is 2. The first-order chi connectivity index (χ1) is 10.6. The number of likely N-dealkylation sites (tertiary alicyclic amines) is 1. The highest BCUT2D eigenvalue weighted by Crippen LogP contribution is 2.37. The fourth-order valence-electron chi connectivity index (χ4n) is 3.90. The molecule has 3 rings (SSSR count). The molecule has 1 amide bonds. The van der Waals surface area contributed by atoms with E-state index in [0.29, 0.717) is 17.7 Å². The molecule has 2 fully saturated rings. The van der Waals surface area contributed by atoms with Gasteiger partial charge in [-0.15, -0.1) is 0 Å². The van der Waals surface area contributed by atoms with Gasteiger partial charge in [-0.25, -0.2) is 0 Å². The minimum Gasteiger partial charge on any atom is -0.352 e. The van der Waals surface area contributed by atoms with Gasteiger partial charge in [0, 0.05) is 24.7 Å². The molecule has 1 aromatic rings. The molecule has 2 aliphatic rings. The minimum atomic E-state index is 0.150. The van der Waals surface area contributed by atoms with E-state index in [1.807, 2.05) is 14.0 Å². The van der Waals surface area contributed by atoms with E-state index in [1.165, 1.54) is 12.8 Å². The Morgan fingerprint density at radius 2 is 2.05 bits per heavy atom. The quantitative estimate of drug-likeness (QED) is 0.926. The summed E-state index contributed by atoms with van der Waals surface area (Å²) < 4.78 is 1.72.